The molecule has 1 aliphatic carbocycles. The van der Waals surface area contributed by atoms with Gasteiger partial charge in [0.25, 0.3) is 0 Å². The Balaban J connectivity index is 2.28. The van der Waals surface area contributed by atoms with Gasteiger partial charge in [-0.2, -0.15) is 11.8 Å². The highest BCUT2D eigenvalue weighted by atomic mass is 32.2. The van der Waals surface area contributed by atoms with Crippen molar-refractivity contribution < 1.29 is 0 Å². The molecule has 0 bridgehead atoms. The summed E-state index contributed by atoms with van der Waals surface area (Å²) in [7, 11) is 2.23. The maximum atomic E-state index is 6.07. The van der Waals surface area contributed by atoms with Gasteiger partial charge < -0.3 is 10.6 Å². The third-order valence-electron chi connectivity index (χ3n) is 3.40. The number of hydrogen-bond acceptors (Lipinski definition) is 3. The number of rotatable bonds is 5. The van der Waals surface area contributed by atoms with Crippen LogP contribution in [0.4, 0.5) is 0 Å². The van der Waals surface area contributed by atoms with E-state index in [-0.39, 0.29) is 0 Å². The van der Waals surface area contributed by atoms with Gasteiger partial charge in [-0.05, 0) is 39.0 Å². The summed E-state index contributed by atoms with van der Waals surface area (Å²) < 4.78 is 0. The van der Waals surface area contributed by atoms with E-state index in [0.29, 0.717) is 12.1 Å². The number of nitrogens with two attached hydrogens (primary N) is 1. The molecule has 0 aromatic rings. The molecule has 0 aromatic carbocycles. The molecule has 84 valence electrons. The van der Waals surface area contributed by atoms with Crippen molar-refractivity contribution in [3.05, 3.63) is 0 Å². The van der Waals surface area contributed by atoms with Crippen LogP contribution < -0.4 is 5.73 Å². The zero-order chi connectivity index (χ0) is 10.6. The largest absolute Gasteiger partial charge is 0.327 e. The van der Waals surface area contributed by atoms with Crippen LogP contribution in [-0.4, -0.2) is 42.6 Å². The number of nitrogens with zero attached hydrogens (tertiary/aromatic N) is 1. The topological polar surface area (TPSA) is 29.3 Å². The lowest BCUT2D eigenvalue weighted by Gasteiger charge is -2.28. The molecule has 2 nitrogen and oxygen atoms in total. The average Bonchev–Trinajstić information content (AvgIpc) is 2.52. The van der Waals surface area contributed by atoms with E-state index in [4.69, 9.17) is 5.73 Å². The molecule has 3 atom stereocenters. The Kier molecular flexibility index (Phi) is 5.28. The molecule has 14 heavy (non-hydrogen) atoms. The van der Waals surface area contributed by atoms with Crippen molar-refractivity contribution in [1.29, 1.82) is 0 Å². The molecule has 3 heteroatoms. The van der Waals surface area contributed by atoms with E-state index < -0.39 is 0 Å². The second-order valence-electron chi connectivity index (χ2n) is 4.60. The molecule has 1 saturated carbocycles. The monoisotopic (exact) mass is 216 g/mol. The molecule has 1 aliphatic rings. The maximum absolute atomic E-state index is 6.07. The van der Waals surface area contributed by atoms with Gasteiger partial charge in [0, 0.05) is 24.4 Å². The fraction of sp³-hybridized carbons (Fsp3) is 1.00. The van der Waals surface area contributed by atoms with Crippen molar-refractivity contribution in [2.75, 3.05) is 25.6 Å². The van der Waals surface area contributed by atoms with Gasteiger partial charge in [-0.3, -0.25) is 0 Å². The fourth-order valence-corrected chi connectivity index (χ4v) is 2.95. The Morgan fingerprint density at radius 3 is 2.71 bits per heavy atom. The van der Waals surface area contributed by atoms with Gasteiger partial charge in [0.2, 0.25) is 0 Å². The van der Waals surface area contributed by atoms with Gasteiger partial charge in [-0.15, -0.1) is 0 Å². The standard InChI is InChI=1S/C11H24N2S/c1-9(8-14-3)13(2)7-10-5-4-6-11(10)12/h9-11H,4-8,12H2,1-3H3. The van der Waals surface area contributed by atoms with Crippen molar-refractivity contribution in [3.63, 3.8) is 0 Å². The zero-order valence-electron chi connectivity index (χ0n) is 9.70. The average molecular weight is 216 g/mol. The van der Waals surface area contributed by atoms with Gasteiger partial charge in [-0.1, -0.05) is 6.42 Å². The van der Waals surface area contributed by atoms with E-state index in [1.165, 1.54) is 31.6 Å². The van der Waals surface area contributed by atoms with E-state index in [9.17, 15) is 0 Å². The Labute approximate surface area is 92.6 Å². The zero-order valence-corrected chi connectivity index (χ0v) is 10.5. The third-order valence-corrected chi connectivity index (χ3v) is 4.22. The van der Waals surface area contributed by atoms with Crippen molar-refractivity contribution in [3.8, 4) is 0 Å². The van der Waals surface area contributed by atoms with E-state index in [1.54, 1.807) is 0 Å². The molecule has 1 fully saturated rings. The second kappa shape index (κ2) is 5.99. The number of thioether (sulfide) groups is 1. The first-order valence-electron chi connectivity index (χ1n) is 5.60. The van der Waals surface area contributed by atoms with Crippen LogP contribution in [0.5, 0.6) is 0 Å². The molecule has 0 amide bonds. The lowest BCUT2D eigenvalue weighted by atomic mass is 10.0. The van der Waals surface area contributed by atoms with Crippen molar-refractivity contribution in [2.45, 2.75) is 38.3 Å². The summed E-state index contributed by atoms with van der Waals surface area (Å²) in [6, 6.07) is 1.14. The Hall–Kier alpha value is 0.270. The van der Waals surface area contributed by atoms with Crippen LogP contribution >= 0.6 is 11.8 Å². The van der Waals surface area contributed by atoms with Gasteiger partial charge in [0.15, 0.2) is 0 Å². The van der Waals surface area contributed by atoms with E-state index in [2.05, 4.69) is 25.1 Å². The summed E-state index contributed by atoms with van der Waals surface area (Å²) in [6.45, 7) is 3.49. The second-order valence-corrected chi connectivity index (χ2v) is 5.51. The van der Waals surface area contributed by atoms with Crippen LogP contribution in [0.2, 0.25) is 0 Å². The predicted octanol–water partition coefficient (Wildman–Crippen LogP) is 1.80. The van der Waals surface area contributed by atoms with Crippen LogP contribution in [0.15, 0.2) is 0 Å². The summed E-state index contributed by atoms with van der Waals surface area (Å²) in [5.41, 5.74) is 6.07. The molecule has 2 N–H and O–H groups in total. The molecule has 3 unspecified atom stereocenters. The maximum Gasteiger partial charge on any atom is 0.0155 e. The summed E-state index contributed by atoms with van der Waals surface area (Å²) in [5, 5.41) is 0. The molecule has 1 rings (SSSR count). The van der Waals surface area contributed by atoms with E-state index in [0.717, 1.165) is 5.92 Å². The van der Waals surface area contributed by atoms with Crippen LogP contribution in [0.1, 0.15) is 26.2 Å². The van der Waals surface area contributed by atoms with Crippen molar-refractivity contribution in [2.24, 2.45) is 11.7 Å². The van der Waals surface area contributed by atoms with E-state index >= 15 is 0 Å². The molecule has 0 radical (unpaired) electrons. The highest BCUT2D eigenvalue weighted by Gasteiger charge is 2.25. The first-order chi connectivity index (χ1) is 6.65. The van der Waals surface area contributed by atoms with Crippen LogP contribution in [0.3, 0.4) is 0 Å². The van der Waals surface area contributed by atoms with Gasteiger partial charge in [-0.25, -0.2) is 0 Å². The van der Waals surface area contributed by atoms with Crippen LogP contribution in [0, 0.1) is 5.92 Å². The molecular formula is C11H24N2S. The minimum atomic E-state index is 0.457. The Morgan fingerprint density at radius 2 is 2.21 bits per heavy atom. The van der Waals surface area contributed by atoms with Crippen LogP contribution in [0.25, 0.3) is 0 Å². The molecule has 0 aliphatic heterocycles. The quantitative estimate of drug-likeness (QED) is 0.760. The van der Waals surface area contributed by atoms with Crippen molar-refractivity contribution in [1.82, 2.24) is 4.90 Å². The predicted molar refractivity (Wildman–Crippen MR) is 65.8 cm³/mol. The van der Waals surface area contributed by atoms with Gasteiger partial charge in [0.1, 0.15) is 0 Å². The molecule has 0 heterocycles. The SMILES string of the molecule is CSCC(C)N(C)CC1CCCC1N. The van der Waals surface area contributed by atoms with Gasteiger partial charge in [0.05, 0.1) is 0 Å². The first kappa shape index (κ1) is 12.3. The third kappa shape index (κ3) is 3.44. The Bertz CT molecular complexity index is 163. The van der Waals surface area contributed by atoms with Gasteiger partial charge >= 0.3 is 0 Å². The van der Waals surface area contributed by atoms with E-state index in [1.807, 2.05) is 11.8 Å². The fourth-order valence-electron chi connectivity index (χ4n) is 2.21. The molecule has 0 spiro atoms. The van der Waals surface area contributed by atoms with Crippen LogP contribution in [-0.2, 0) is 0 Å². The highest BCUT2D eigenvalue weighted by Crippen LogP contribution is 2.25. The smallest absolute Gasteiger partial charge is 0.0155 e. The summed E-state index contributed by atoms with van der Waals surface area (Å²) in [4.78, 5) is 2.46. The minimum Gasteiger partial charge on any atom is -0.327 e. The molecule has 0 saturated heterocycles. The molecule has 0 aromatic heterocycles. The summed E-state index contributed by atoms with van der Waals surface area (Å²) in [5.74, 6) is 1.96. The van der Waals surface area contributed by atoms with Crippen molar-refractivity contribution >= 4 is 11.8 Å². The normalized spacial score (nSPS) is 29.8. The number of hydrogen-bond donors (Lipinski definition) is 1. The summed E-state index contributed by atoms with van der Waals surface area (Å²) >= 11 is 1.92. The molecular weight excluding hydrogens is 192 g/mol. The lowest BCUT2D eigenvalue weighted by molar-refractivity contribution is 0.225. The highest BCUT2D eigenvalue weighted by molar-refractivity contribution is 7.98. The summed E-state index contributed by atoms with van der Waals surface area (Å²) in [6.07, 6.45) is 6.06. The Morgan fingerprint density at radius 1 is 1.50 bits per heavy atom. The minimum absolute atomic E-state index is 0.457. The lowest BCUT2D eigenvalue weighted by Crippen LogP contribution is -2.39. The first-order valence-corrected chi connectivity index (χ1v) is 6.99.